The van der Waals surface area contributed by atoms with E-state index in [1.54, 1.807) is 11.8 Å². The molecule has 2 aromatic heterocycles. The van der Waals surface area contributed by atoms with Gasteiger partial charge < -0.3 is 9.64 Å². The molecule has 0 aliphatic rings. The Hall–Kier alpha value is -4.59. The van der Waals surface area contributed by atoms with Crippen LogP contribution >= 0.6 is 0 Å². The molecule has 0 saturated carbocycles. The molecule has 0 spiro atoms. The van der Waals surface area contributed by atoms with E-state index in [1.165, 1.54) is 0 Å². The van der Waals surface area contributed by atoms with Crippen LogP contribution in [0.25, 0.3) is 22.3 Å². The Morgan fingerprint density at radius 1 is 0.941 bits per heavy atom. The number of tetrazole rings is 1. The van der Waals surface area contributed by atoms with Crippen molar-refractivity contribution in [3.63, 3.8) is 0 Å². The molecule has 0 radical (unpaired) electrons. The highest BCUT2D eigenvalue weighted by molar-refractivity contribution is 5.91. The number of fused-ring (bicyclic) bond motifs is 1. The lowest BCUT2D eigenvalue weighted by molar-refractivity contribution is -0.116. The monoisotopic (exact) mass is 450 g/mol. The van der Waals surface area contributed by atoms with Crippen LogP contribution in [-0.2, 0) is 17.9 Å². The summed E-state index contributed by atoms with van der Waals surface area (Å²) in [4.78, 5) is 18.7. The number of nitrogens with zero attached hydrogens (tertiary/aromatic N) is 5. The second kappa shape index (κ2) is 9.50. The number of carbonyl (C=O) groups is 1. The molecule has 8 heteroatoms. The van der Waals surface area contributed by atoms with E-state index in [4.69, 9.17) is 4.74 Å². The number of nitrogens with one attached hydrogen (secondary N) is 1. The molecular weight excluding hydrogens is 428 g/mol. The fourth-order valence-corrected chi connectivity index (χ4v) is 3.68. The summed E-state index contributed by atoms with van der Waals surface area (Å²) in [6.07, 6.45) is 0. The number of carbonyl (C=O) groups excluding carboxylic acids is 1. The van der Waals surface area contributed by atoms with Gasteiger partial charge in [-0.1, -0.05) is 36.4 Å². The molecule has 0 fully saturated rings. The number of hydrogen-bond acceptors (Lipinski definition) is 6. The Bertz CT molecular complexity index is 1400. The molecular formula is C26H22N6O2. The van der Waals surface area contributed by atoms with E-state index in [2.05, 4.69) is 31.7 Å². The smallest absolute Gasteiger partial charge is 0.224 e. The summed E-state index contributed by atoms with van der Waals surface area (Å²) in [5.41, 5.74) is 4.43. The van der Waals surface area contributed by atoms with Gasteiger partial charge in [0, 0.05) is 23.6 Å². The second-order valence-electron chi connectivity index (χ2n) is 7.82. The highest BCUT2D eigenvalue weighted by atomic mass is 16.5. The van der Waals surface area contributed by atoms with Crippen LogP contribution in [0.15, 0.2) is 84.9 Å². The molecule has 2 heterocycles. The van der Waals surface area contributed by atoms with E-state index in [0.29, 0.717) is 19.0 Å². The molecule has 1 amide bonds. The summed E-state index contributed by atoms with van der Waals surface area (Å²) in [5, 5.41) is 15.1. The van der Waals surface area contributed by atoms with E-state index in [1.807, 2.05) is 78.9 Å². The third-order valence-electron chi connectivity index (χ3n) is 5.47. The third-order valence-corrected chi connectivity index (χ3v) is 5.47. The first-order valence-electron chi connectivity index (χ1n) is 10.8. The molecule has 0 aliphatic carbocycles. The van der Waals surface area contributed by atoms with Gasteiger partial charge in [0.15, 0.2) is 0 Å². The van der Waals surface area contributed by atoms with Gasteiger partial charge in [0.2, 0.25) is 11.7 Å². The molecule has 8 nitrogen and oxygen atoms in total. The fourth-order valence-electron chi connectivity index (χ4n) is 3.68. The first-order valence-corrected chi connectivity index (χ1v) is 10.8. The Labute approximate surface area is 196 Å². The van der Waals surface area contributed by atoms with Crippen LogP contribution in [0.4, 0.5) is 5.69 Å². The minimum absolute atomic E-state index is 0.0463. The first-order chi connectivity index (χ1) is 16.7. The number of aromatic amines is 1. The predicted octanol–water partition coefficient (Wildman–Crippen LogP) is 4.55. The number of rotatable bonds is 7. The summed E-state index contributed by atoms with van der Waals surface area (Å²) in [6.45, 7) is 2.39. The van der Waals surface area contributed by atoms with Gasteiger partial charge >= 0.3 is 0 Å². The Balaban J connectivity index is 1.24. The average molecular weight is 451 g/mol. The molecule has 34 heavy (non-hydrogen) atoms. The molecule has 0 saturated heterocycles. The van der Waals surface area contributed by atoms with Crippen LogP contribution in [0, 0.1) is 0 Å². The van der Waals surface area contributed by atoms with Crippen molar-refractivity contribution in [3.05, 3.63) is 96.2 Å². The minimum Gasteiger partial charge on any atom is -0.487 e. The van der Waals surface area contributed by atoms with Crippen molar-refractivity contribution in [2.24, 2.45) is 0 Å². The Morgan fingerprint density at radius 2 is 1.74 bits per heavy atom. The zero-order valence-corrected chi connectivity index (χ0v) is 18.5. The molecule has 3 aromatic carbocycles. The summed E-state index contributed by atoms with van der Waals surface area (Å²) in [7, 11) is 0. The van der Waals surface area contributed by atoms with Crippen LogP contribution in [0.1, 0.15) is 18.2 Å². The van der Waals surface area contributed by atoms with Gasteiger partial charge in [-0.2, -0.15) is 5.21 Å². The van der Waals surface area contributed by atoms with E-state index in [0.717, 1.165) is 39.2 Å². The lowest BCUT2D eigenvalue weighted by Crippen LogP contribution is -2.27. The molecule has 1 N–H and O–H groups in total. The standard InChI is InChI=1S/C26H22N6O2/c1-18(33)32(23-12-9-21(10-13-23)26-28-30-31-29-26)16-19-6-14-24(15-7-19)34-17-22-11-8-20-4-2-3-5-25(20)27-22/h2-15H,16-17H2,1H3,(H,28,29,30,31). The number of para-hydroxylation sites is 1. The Kier molecular flexibility index (Phi) is 5.94. The summed E-state index contributed by atoms with van der Waals surface area (Å²) in [6, 6.07) is 27.3. The predicted molar refractivity (Wildman–Crippen MR) is 129 cm³/mol. The number of amides is 1. The maximum atomic E-state index is 12.3. The Morgan fingerprint density at radius 3 is 2.47 bits per heavy atom. The van der Waals surface area contributed by atoms with E-state index < -0.39 is 0 Å². The highest BCUT2D eigenvalue weighted by Gasteiger charge is 2.13. The van der Waals surface area contributed by atoms with Gasteiger partial charge in [-0.25, -0.2) is 4.98 Å². The number of anilines is 1. The van der Waals surface area contributed by atoms with Crippen molar-refractivity contribution in [1.82, 2.24) is 25.6 Å². The zero-order valence-electron chi connectivity index (χ0n) is 18.5. The molecule has 0 bridgehead atoms. The van der Waals surface area contributed by atoms with Crippen molar-refractivity contribution >= 4 is 22.5 Å². The van der Waals surface area contributed by atoms with Gasteiger partial charge in [-0.15, -0.1) is 10.2 Å². The van der Waals surface area contributed by atoms with Crippen LogP contribution in [0.5, 0.6) is 5.75 Å². The molecule has 0 unspecified atom stereocenters. The van der Waals surface area contributed by atoms with Crippen LogP contribution in [0.3, 0.4) is 0 Å². The van der Waals surface area contributed by atoms with E-state index in [9.17, 15) is 4.79 Å². The number of aromatic nitrogens is 5. The average Bonchev–Trinajstić information content (AvgIpc) is 3.42. The third kappa shape index (κ3) is 4.75. The maximum absolute atomic E-state index is 12.3. The van der Waals surface area contributed by atoms with Crippen LogP contribution < -0.4 is 9.64 Å². The maximum Gasteiger partial charge on any atom is 0.224 e. The van der Waals surface area contributed by atoms with Crippen molar-refractivity contribution in [2.45, 2.75) is 20.1 Å². The van der Waals surface area contributed by atoms with Gasteiger partial charge in [0.25, 0.3) is 0 Å². The van der Waals surface area contributed by atoms with Crippen molar-refractivity contribution < 1.29 is 9.53 Å². The van der Waals surface area contributed by atoms with Crippen molar-refractivity contribution in [2.75, 3.05) is 4.90 Å². The molecule has 5 aromatic rings. The van der Waals surface area contributed by atoms with E-state index >= 15 is 0 Å². The first kappa shape index (κ1) is 21.3. The van der Waals surface area contributed by atoms with Crippen molar-refractivity contribution in [3.8, 4) is 17.1 Å². The van der Waals surface area contributed by atoms with Gasteiger partial charge in [0.05, 0.1) is 17.8 Å². The van der Waals surface area contributed by atoms with Crippen molar-refractivity contribution in [1.29, 1.82) is 0 Å². The fraction of sp³-hybridized carbons (Fsp3) is 0.115. The number of pyridine rings is 1. The lowest BCUT2D eigenvalue weighted by atomic mass is 10.1. The molecule has 168 valence electrons. The number of benzene rings is 3. The molecule has 0 atom stereocenters. The summed E-state index contributed by atoms with van der Waals surface area (Å²) < 4.78 is 5.92. The summed E-state index contributed by atoms with van der Waals surface area (Å²) >= 11 is 0. The molecule has 5 rings (SSSR count). The number of H-pyrrole nitrogens is 1. The van der Waals surface area contributed by atoms with Crippen LogP contribution in [-0.4, -0.2) is 31.5 Å². The number of ether oxygens (including phenoxy) is 1. The van der Waals surface area contributed by atoms with Gasteiger partial charge in [-0.05, 0) is 59.3 Å². The summed E-state index contributed by atoms with van der Waals surface area (Å²) in [5.74, 6) is 1.21. The van der Waals surface area contributed by atoms with Crippen LogP contribution in [0.2, 0.25) is 0 Å². The number of hydrogen-bond donors (Lipinski definition) is 1. The quantitative estimate of drug-likeness (QED) is 0.391. The second-order valence-corrected chi connectivity index (χ2v) is 7.82. The van der Waals surface area contributed by atoms with E-state index in [-0.39, 0.29) is 5.91 Å². The lowest BCUT2D eigenvalue weighted by Gasteiger charge is -2.21. The SMILES string of the molecule is CC(=O)N(Cc1ccc(OCc2ccc3ccccc3n2)cc1)c1ccc(-c2nn[nH]n2)cc1. The van der Waals surface area contributed by atoms with Gasteiger partial charge in [-0.3, -0.25) is 4.79 Å². The normalized spacial score (nSPS) is 10.9. The largest absolute Gasteiger partial charge is 0.487 e. The van der Waals surface area contributed by atoms with Gasteiger partial charge in [0.1, 0.15) is 12.4 Å². The molecule has 0 aliphatic heterocycles. The highest BCUT2D eigenvalue weighted by Crippen LogP contribution is 2.23. The zero-order chi connectivity index (χ0) is 23.3. The topological polar surface area (TPSA) is 96.9 Å². The minimum atomic E-state index is -0.0463.